The number of aromatic nitrogens is 2. The first-order chi connectivity index (χ1) is 5.29. The third-order valence-corrected chi connectivity index (χ3v) is 2.02. The van der Waals surface area contributed by atoms with Crippen LogP contribution in [0.15, 0.2) is 24.5 Å². The second-order valence-electron chi connectivity index (χ2n) is 2.13. The second kappa shape index (κ2) is 2.40. The SMILES string of the molecule is Clc1cccn2c(Cl)cnc12. The average Bonchev–Trinajstić information content (AvgIpc) is 2.35. The van der Waals surface area contributed by atoms with E-state index in [0.717, 1.165) is 0 Å². The third kappa shape index (κ3) is 0.988. The zero-order valence-corrected chi connectivity index (χ0v) is 6.97. The zero-order valence-electron chi connectivity index (χ0n) is 5.46. The molecule has 2 aromatic heterocycles. The Balaban J connectivity index is 2.94. The van der Waals surface area contributed by atoms with Gasteiger partial charge in [-0.1, -0.05) is 23.2 Å². The topological polar surface area (TPSA) is 17.3 Å². The molecule has 0 N–H and O–H groups in total. The van der Waals surface area contributed by atoms with Gasteiger partial charge in [-0.2, -0.15) is 0 Å². The minimum absolute atomic E-state index is 0.572. The number of halogens is 2. The molecule has 0 aromatic carbocycles. The highest BCUT2D eigenvalue weighted by molar-refractivity contribution is 6.34. The fourth-order valence-corrected chi connectivity index (χ4v) is 1.34. The van der Waals surface area contributed by atoms with Gasteiger partial charge >= 0.3 is 0 Å². The quantitative estimate of drug-likeness (QED) is 0.619. The van der Waals surface area contributed by atoms with Crippen molar-refractivity contribution in [2.45, 2.75) is 0 Å². The molecule has 2 aromatic rings. The van der Waals surface area contributed by atoms with Crippen LogP contribution in [0.1, 0.15) is 0 Å². The Kier molecular flexibility index (Phi) is 1.51. The summed E-state index contributed by atoms with van der Waals surface area (Å²) in [5.74, 6) is 0. The predicted octanol–water partition coefficient (Wildman–Crippen LogP) is 2.64. The van der Waals surface area contributed by atoms with Crippen LogP contribution in [0.4, 0.5) is 0 Å². The largest absolute Gasteiger partial charge is 0.289 e. The number of hydrogen-bond donors (Lipinski definition) is 0. The van der Waals surface area contributed by atoms with Gasteiger partial charge in [0.1, 0.15) is 5.15 Å². The lowest BCUT2D eigenvalue weighted by Gasteiger charge is -1.94. The predicted molar refractivity (Wildman–Crippen MR) is 45.2 cm³/mol. The molecule has 0 radical (unpaired) electrons. The highest BCUT2D eigenvalue weighted by Gasteiger charge is 2.01. The summed E-state index contributed by atoms with van der Waals surface area (Å²) in [5.41, 5.74) is 0.694. The van der Waals surface area contributed by atoms with Crippen molar-refractivity contribution in [3.63, 3.8) is 0 Å². The number of imidazole rings is 1. The van der Waals surface area contributed by atoms with Crippen LogP contribution in [-0.4, -0.2) is 9.38 Å². The Morgan fingerprint density at radius 3 is 2.91 bits per heavy atom. The lowest BCUT2D eigenvalue weighted by Crippen LogP contribution is -1.82. The summed E-state index contributed by atoms with van der Waals surface area (Å²) in [6, 6.07) is 3.60. The molecule has 0 saturated heterocycles. The molecule has 0 aliphatic carbocycles. The molecule has 0 unspecified atom stereocenters. The maximum absolute atomic E-state index is 5.83. The van der Waals surface area contributed by atoms with Gasteiger partial charge in [0.25, 0.3) is 0 Å². The Hall–Kier alpha value is -0.730. The molecule has 2 rings (SSSR count). The van der Waals surface area contributed by atoms with E-state index in [2.05, 4.69) is 4.98 Å². The molecule has 0 aliphatic rings. The van der Waals surface area contributed by atoms with E-state index in [9.17, 15) is 0 Å². The fourth-order valence-electron chi connectivity index (χ4n) is 0.947. The molecule has 11 heavy (non-hydrogen) atoms. The third-order valence-electron chi connectivity index (χ3n) is 1.44. The molecule has 4 heteroatoms. The Labute approximate surface area is 73.4 Å². The number of fused-ring (bicyclic) bond motifs is 1. The Bertz CT molecular complexity index is 394. The monoisotopic (exact) mass is 186 g/mol. The van der Waals surface area contributed by atoms with Gasteiger partial charge in [-0.05, 0) is 12.1 Å². The van der Waals surface area contributed by atoms with E-state index in [-0.39, 0.29) is 0 Å². The summed E-state index contributed by atoms with van der Waals surface area (Å²) in [4.78, 5) is 4.02. The molecule has 56 valence electrons. The molecular formula is C7H4Cl2N2. The standard InChI is InChI=1S/C7H4Cl2N2/c8-5-2-1-3-11-6(9)4-10-7(5)11/h1-4H. The summed E-state index contributed by atoms with van der Waals surface area (Å²) in [6.07, 6.45) is 3.39. The number of hydrogen-bond acceptors (Lipinski definition) is 1. The van der Waals surface area contributed by atoms with E-state index in [0.29, 0.717) is 15.8 Å². The molecule has 0 spiro atoms. The van der Waals surface area contributed by atoms with Gasteiger partial charge in [0.2, 0.25) is 0 Å². The molecule has 0 atom stereocenters. The van der Waals surface area contributed by atoms with Crippen molar-refractivity contribution in [2.24, 2.45) is 0 Å². The molecule has 0 amide bonds. The van der Waals surface area contributed by atoms with Gasteiger partial charge in [-0.3, -0.25) is 4.40 Å². The van der Waals surface area contributed by atoms with Crippen molar-refractivity contribution in [1.29, 1.82) is 0 Å². The van der Waals surface area contributed by atoms with Crippen LogP contribution < -0.4 is 0 Å². The number of pyridine rings is 1. The van der Waals surface area contributed by atoms with Gasteiger partial charge < -0.3 is 0 Å². The van der Waals surface area contributed by atoms with Crippen LogP contribution in [0.25, 0.3) is 5.65 Å². The van der Waals surface area contributed by atoms with Gasteiger partial charge in [0.05, 0.1) is 11.2 Å². The number of nitrogens with zero attached hydrogens (tertiary/aromatic N) is 2. The zero-order chi connectivity index (χ0) is 7.84. The summed E-state index contributed by atoms with van der Waals surface area (Å²) >= 11 is 11.6. The van der Waals surface area contributed by atoms with E-state index in [4.69, 9.17) is 23.2 Å². The summed E-state index contributed by atoms with van der Waals surface area (Å²) in [7, 11) is 0. The fraction of sp³-hybridized carbons (Fsp3) is 0. The maximum Gasteiger partial charge on any atom is 0.156 e. The van der Waals surface area contributed by atoms with Crippen molar-refractivity contribution < 1.29 is 0 Å². The van der Waals surface area contributed by atoms with Gasteiger partial charge in [0.15, 0.2) is 5.65 Å². The normalized spacial score (nSPS) is 10.7. The van der Waals surface area contributed by atoms with Crippen LogP contribution in [-0.2, 0) is 0 Å². The molecule has 0 aliphatic heterocycles. The Morgan fingerprint density at radius 2 is 2.18 bits per heavy atom. The molecule has 0 saturated carbocycles. The average molecular weight is 187 g/mol. The smallest absolute Gasteiger partial charge is 0.156 e. The van der Waals surface area contributed by atoms with Crippen molar-refractivity contribution in [2.75, 3.05) is 0 Å². The molecule has 0 bridgehead atoms. The van der Waals surface area contributed by atoms with Crippen LogP contribution >= 0.6 is 23.2 Å². The van der Waals surface area contributed by atoms with Crippen LogP contribution in [0.2, 0.25) is 10.2 Å². The number of rotatable bonds is 0. The lowest BCUT2D eigenvalue weighted by molar-refractivity contribution is 1.19. The minimum atomic E-state index is 0.572. The van der Waals surface area contributed by atoms with Crippen molar-refractivity contribution >= 4 is 28.8 Å². The van der Waals surface area contributed by atoms with Crippen molar-refractivity contribution in [3.8, 4) is 0 Å². The molecular weight excluding hydrogens is 183 g/mol. The van der Waals surface area contributed by atoms with Crippen molar-refractivity contribution in [1.82, 2.24) is 9.38 Å². The van der Waals surface area contributed by atoms with E-state index < -0.39 is 0 Å². The Morgan fingerprint density at radius 1 is 1.36 bits per heavy atom. The summed E-state index contributed by atoms with van der Waals surface area (Å²) < 4.78 is 1.73. The highest BCUT2D eigenvalue weighted by Crippen LogP contribution is 2.18. The second-order valence-corrected chi connectivity index (χ2v) is 2.93. The first-order valence-electron chi connectivity index (χ1n) is 3.06. The van der Waals surface area contributed by atoms with Crippen molar-refractivity contribution in [3.05, 3.63) is 34.7 Å². The molecule has 2 nitrogen and oxygen atoms in total. The minimum Gasteiger partial charge on any atom is -0.289 e. The van der Waals surface area contributed by atoms with Gasteiger partial charge in [0, 0.05) is 6.20 Å². The first-order valence-corrected chi connectivity index (χ1v) is 3.82. The van der Waals surface area contributed by atoms with E-state index in [1.54, 1.807) is 16.7 Å². The summed E-state index contributed by atoms with van der Waals surface area (Å²) in [6.45, 7) is 0. The summed E-state index contributed by atoms with van der Waals surface area (Å²) in [5, 5.41) is 1.18. The molecule has 2 heterocycles. The van der Waals surface area contributed by atoms with Crippen LogP contribution in [0.3, 0.4) is 0 Å². The maximum atomic E-state index is 5.83. The van der Waals surface area contributed by atoms with E-state index in [1.165, 1.54) is 0 Å². The van der Waals surface area contributed by atoms with Crippen LogP contribution in [0.5, 0.6) is 0 Å². The lowest BCUT2D eigenvalue weighted by atomic mass is 10.5. The van der Waals surface area contributed by atoms with E-state index >= 15 is 0 Å². The van der Waals surface area contributed by atoms with Gasteiger partial charge in [-0.15, -0.1) is 0 Å². The van der Waals surface area contributed by atoms with Gasteiger partial charge in [-0.25, -0.2) is 4.98 Å². The molecule has 0 fully saturated rings. The first kappa shape index (κ1) is 6.95. The highest BCUT2D eigenvalue weighted by atomic mass is 35.5. The van der Waals surface area contributed by atoms with E-state index in [1.807, 2.05) is 12.3 Å². The van der Waals surface area contributed by atoms with Crippen LogP contribution in [0, 0.1) is 0 Å².